The highest BCUT2D eigenvalue weighted by Crippen LogP contribution is 2.43. The van der Waals surface area contributed by atoms with E-state index in [-0.39, 0.29) is 27.8 Å². The Balaban J connectivity index is 1.73. The third-order valence-corrected chi connectivity index (χ3v) is 6.33. The first-order valence-electron chi connectivity index (χ1n) is 7.48. The summed E-state index contributed by atoms with van der Waals surface area (Å²) in [7, 11) is 0. The highest BCUT2D eigenvalue weighted by atomic mass is 35.5. The minimum absolute atomic E-state index is 0.0844. The molecule has 1 saturated carbocycles. The quantitative estimate of drug-likeness (QED) is 0.905. The van der Waals surface area contributed by atoms with Crippen molar-refractivity contribution in [3.05, 3.63) is 34.6 Å². The Labute approximate surface area is 138 Å². The van der Waals surface area contributed by atoms with Crippen LogP contribution >= 0.6 is 23.4 Å². The zero-order valence-electron chi connectivity index (χ0n) is 12.4. The molecule has 1 saturated heterocycles. The normalized spacial score (nSPS) is 26.5. The molecule has 2 aliphatic rings. The first kappa shape index (κ1) is 16.1. The molecule has 3 nitrogen and oxygen atoms in total. The summed E-state index contributed by atoms with van der Waals surface area (Å²) in [5.41, 5.74) is 0.719. The van der Waals surface area contributed by atoms with Crippen LogP contribution in [0.4, 0.5) is 4.39 Å². The van der Waals surface area contributed by atoms with Gasteiger partial charge in [-0.25, -0.2) is 4.39 Å². The van der Waals surface area contributed by atoms with Gasteiger partial charge in [0.2, 0.25) is 5.91 Å². The van der Waals surface area contributed by atoms with Gasteiger partial charge in [0.15, 0.2) is 0 Å². The third kappa shape index (κ3) is 2.86. The number of amides is 1. The molecule has 2 atom stereocenters. The fourth-order valence-electron chi connectivity index (χ4n) is 3.08. The van der Waals surface area contributed by atoms with E-state index in [9.17, 15) is 9.18 Å². The Morgan fingerprint density at radius 2 is 2.27 bits per heavy atom. The Kier molecular flexibility index (Phi) is 4.67. The number of benzene rings is 1. The third-order valence-electron chi connectivity index (χ3n) is 4.65. The predicted molar refractivity (Wildman–Crippen MR) is 86.7 cm³/mol. The number of ether oxygens (including phenoxy) is 1. The zero-order chi connectivity index (χ0) is 15.7. The van der Waals surface area contributed by atoms with Crippen molar-refractivity contribution in [2.75, 3.05) is 12.9 Å². The van der Waals surface area contributed by atoms with E-state index in [1.165, 1.54) is 12.1 Å². The van der Waals surface area contributed by atoms with Gasteiger partial charge in [-0.1, -0.05) is 17.7 Å². The standard InChI is InChI=1S/C16H19ClFNO2S/c1-22-16(6-2-7-16)15(20)19-13-5-8-21-14(13)10-3-4-11(17)12(18)9-10/h3-4,9,13-14H,2,5-8H2,1H3,(H,19,20)/t13-,14+/m1/s1. The fourth-order valence-corrected chi connectivity index (χ4v) is 4.14. The smallest absolute Gasteiger partial charge is 0.236 e. The van der Waals surface area contributed by atoms with Crippen molar-refractivity contribution < 1.29 is 13.9 Å². The molecule has 2 fully saturated rings. The van der Waals surface area contributed by atoms with Crippen LogP contribution in [-0.4, -0.2) is 29.6 Å². The summed E-state index contributed by atoms with van der Waals surface area (Å²) in [4.78, 5) is 12.5. The summed E-state index contributed by atoms with van der Waals surface area (Å²) >= 11 is 7.35. The Bertz CT molecular complexity index is 574. The largest absolute Gasteiger partial charge is 0.371 e. The van der Waals surface area contributed by atoms with Gasteiger partial charge in [-0.05, 0) is 49.6 Å². The summed E-state index contributed by atoms with van der Waals surface area (Å²) in [5, 5.41) is 3.21. The lowest BCUT2D eigenvalue weighted by Gasteiger charge is -2.39. The van der Waals surface area contributed by atoms with Crippen molar-refractivity contribution in [1.82, 2.24) is 5.32 Å². The second-order valence-corrected chi connectivity index (χ2v) is 7.48. The highest BCUT2D eigenvalue weighted by Gasteiger charge is 2.45. The lowest BCUT2D eigenvalue weighted by molar-refractivity contribution is -0.126. The molecule has 22 heavy (non-hydrogen) atoms. The van der Waals surface area contributed by atoms with Crippen LogP contribution < -0.4 is 5.32 Å². The Morgan fingerprint density at radius 1 is 1.50 bits per heavy atom. The summed E-state index contributed by atoms with van der Waals surface area (Å²) < 4.78 is 19.1. The van der Waals surface area contributed by atoms with E-state index < -0.39 is 5.82 Å². The lowest BCUT2D eigenvalue weighted by atomic mass is 9.83. The second-order valence-electron chi connectivity index (χ2n) is 5.89. The molecule has 0 radical (unpaired) electrons. The predicted octanol–water partition coefficient (Wildman–Crippen LogP) is 3.71. The molecule has 0 bridgehead atoms. The van der Waals surface area contributed by atoms with Crippen LogP contribution in [0.3, 0.4) is 0 Å². The molecule has 6 heteroatoms. The van der Waals surface area contributed by atoms with Crippen LogP contribution in [0.25, 0.3) is 0 Å². The molecule has 1 aromatic carbocycles. The van der Waals surface area contributed by atoms with Gasteiger partial charge in [-0.15, -0.1) is 11.8 Å². The minimum Gasteiger partial charge on any atom is -0.371 e. The summed E-state index contributed by atoms with van der Waals surface area (Å²) in [5.74, 6) is -0.375. The average Bonchev–Trinajstić information content (AvgIpc) is 2.89. The Hall–Kier alpha value is -0.780. The number of nitrogens with one attached hydrogen (secondary N) is 1. The van der Waals surface area contributed by atoms with Crippen molar-refractivity contribution >= 4 is 29.3 Å². The number of carbonyl (C=O) groups is 1. The van der Waals surface area contributed by atoms with Gasteiger partial charge in [0, 0.05) is 6.61 Å². The summed E-state index contributed by atoms with van der Waals surface area (Å²) in [6.07, 6.45) is 5.36. The van der Waals surface area contributed by atoms with Crippen LogP contribution in [0, 0.1) is 5.82 Å². The number of hydrogen-bond acceptors (Lipinski definition) is 3. The summed E-state index contributed by atoms with van der Waals surface area (Å²) in [6.45, 7) is 0.562. The molecule has 3 rings (SSSR count). The van der Waals surface area contributed by atoms with E-state index in [2.05, 4.69) is 5.32 Å². The fraction of sp³-hybridized carbons (Fsp3) is 0.562. The van der Waals surface area contributed by atoms with Gasteiger partial charge >= 0.3 is 0 Å². The van der Waals surface area contributed by atoms with E-state index in [1.807, 2.05) is 6.26 Å². The molecule has 1 aromatic rings. The number of carbonyl (C=O) groups excluding carboxylic acids is 1. The van der Waals surface area contributed by atoms with E-state index in [0.29, 0.717) is 6.61 Å². The maximum Gasteiger partial charge on any atom is 0.236 e. The molecule has 1 amide bonds. The van der Waals surface area contributed by atoms with Gasteiger partial charge in [-0.2, -0.15) is 0 Å². The van der Waals surface area contributed by atoms with E-state index >= 15 is 0 Å². The molecule has 0 spiro atoms. The topological polar surface area (TPSA) is 38.3 Å². The van der Waals surface area contributed by atoms with Crippen LogP contribution in [0.5, 0.6) is 0 Å². The summed E-state index contributed by atoms with van der Waals surface area (Å²) in [6, 6.07) is 4.57. The van der Waals surface area contributed by atoms with E-state index in [0.717, 1.165) is 31.2 Å². The van der Waals surface area contributed by atoms with Gasteiger partial charge in [0.25, 0.3) is 0 Å². The van der Waals surface area contributed by atoms with Crippen molar-refractivity contribution in [3.8, 4) is 0 Å². The maximum absolute atomic E-state index is 13.7. The molecular formula is C16H19ClFNO2S. The van der Waals surface area contributed by atoms with Crippen LogP contribution in [0.2, 0.25) is 5.02 Å². The molecule has 1 N–H and O–H groups in total. The van der Waals surface area contributed by atoms with Gasteiger partial charge in [-0.3, -0.25) is 4.79 Å². The maximum atomic E-state index is 13.7. The Morgan fingerprint density at radius 3 is 2.86 bits per heavy atom. The van der Waals surface area contributed by atoms with Crippen LogP contribution in [0.1, 0.15) is 37.4 Å². The molecule has 1 heterocycles. The van der Waals surface area contributed by atoms with Crippen LogP contribution in [0.15, 0.2) is 18.2 Å². The van der Waals surface area contributed by atoms with Crippen LogP contribution in [-0.2, 0) is 9.53 Å². The molecular weight excluding hydrogens is 325 g/mol. The molecule has 0 aromatic heterocycles. The monoisotopic (exact) mass is 343 g/mol. The SMILES string of the molecule is CSC1(C(=O)N[C@@H]2CCO[C@H]2c2ccc(Cl)c(F)c2)CCC1. The van der Waals surface area contributed by atoms with Crippen molar-refractivity contribution in [2.45, 2.75) is 42.6 Å². The number of rotatable bonds is 4. The first-order chi connectivity index (χ1) is 10.6. The molecule has 1 aliphatic heterocycles. The lowest BCUT2D eigenvalue weighted by Crippen LogP contribution is -2.52. The minimum atomic E-state index is -0.459. The highest BCUT2D eigenvalue weighted by molar-refractivity contribution is 8.00. The zero-order valence-corrected chi connectivity index (χ0v) is 14.0. The van der Waals surface area contributed by atoms with Gasteiger partial charge in [0.05, 0.1) is 15.8 Å². The van der Waals surface area contributed by atoms with E-state index in [1.54, 1.807) is 17.8 Å². The second kappa shape index (κ2) is 6.38. The van der Waals surface area contributed by atoms with Gasteiger partial charge < -0.3 is 10.1 Å². The molecule has 120 valence electrons. The van der Waals surface area contributed by atoms with Gasteiger partial charge in [0.1, 0.15) is 11.9 Å². The number of hydrogen-bond donors (Lipinski definition) is 1. The molecule has 0 unspecified atom stereocenters. The van der Waals surface area contributed by atoms with E-state index in [4.69, 9.17) is 16.3 Å². The van der Waals surface area contributed by atoms with Crippen molar-refractivity contribution in [3.63, 3.8) is 0 Å². The number of halogens is 2. The molecule has 1 aliphatic carbocycles. The average molecular weight is 344 g/mol. The first-order valence-corrected chi connectivity index (χ1v) is 9.09. The van der Waals surface area contributed by atoms with Crippen molar-refractivity contribution in [1.29, 1.82) is 0 Å². The number of thioether (sulfide) groups is 1. The van der Waals surface area contributed by atoms with Crippen molar-refractivity contribution in [2.24, 2.45) is 0 Å².